The average Bonchev–Trinajstić information content (AvgIpc) is 3.25. The highest BCUT2D eigenvalue weighted by Crippen LogP contribution is 2.36. The predicted octanol–water partition coefficient (Wildman–Crippen LogP) is 2.83. The summed E-state index contributed by atoms with van der Waals surface area (Å²) >= 11 is 1.09. The number of esters is 3. The molecule has 12 heteroatoms. The third kappa shape index (κ3) is 6.18. The number of aromatic nitrogens is 1. The Kier molecular flexibility index (Phi) is 9.06. The molecular formula is C30H28N2O9S. The quantitative estimate of drug-likeness (QED) is 0.209. The lowest BCUT2D eigenvalue weighted by molar-refractivity contribution is -0.138. The molecule has 0 aliphatic carbocycles. The number of ether oxygens (including phenoxy) is 5. The fourth-order valence-corrected chi connectivity index (χ4v) is 5.42. The molecule has 0 saturated heterocycles. The van der Waals surface area contributed by atoms with Crippen LogP contribution in [0.15, 0.2) is 70.1 Å². The molecule has 2 heterocycles. The minimum absolute atomic E-state index is 0.0268. The van der Waals surface area contributed by atoms with Crippen LogP contribution in [0.25, 0.3) is 6.08 Å². The Balaban J connectivity index is 1.94. The number of carbonyl (C=O) groups excluding carboxylic acids is 3. The van der Waals surface area contributed by atoms with Crippen LogP contribution in [0.2, 0.25) is 0 Å². The van der Waals surface area contributed by atoms with Crippen LogP contribution in [0.3, 0.4) is 0 Å². The average molecular weight is 593 g/mol. The number of methoxy groups -OCH3 is 2. The summed E-state index contributed by atoms with van der Waals surface area (Å²) in [6.45, 7) is 7.71. The number of nitrogens with zero attached hydrogens (tertiary/aromatic N) is 2. The standard InChI is InChI=1S/C30H28N2O9S/c1-7-12-39-29(36)26-16(2)31-30-32(27(26)20-9-11-22(37-5)24(13-20)38-6)28(35)25(42-30)14-19-8-10-21(40-17(3)33)15-23(19)41-18(4)34/h7-11,13-15,27H,1,12H2,2-6H3/b25-14+/t27-/m1/s1. The molecule has 0 bridgehead atoms. The molecule has 0 saturated carbocycles. The van der Waals surface area contributed by atoms with Crippen LogP contribution in [0.1, 0.15) is 37.9 Å². The van der Waals surface area contributed by atoms with Crippen LogP contribution < -0.4 is 33.8 Å². The molecule has 0 fully saturated rings. The van der Waals surface area contributed by atoms with Gasteiger partial charge in [0.15, 0.2) is 16.3 Å². The molecule has 0 unspecified atom stereocenters. The zero-order chi connectivity index (χ0) is 30.6. The van der Waals surface area contributed by atoms with E-state index in [2.05, 4.69) is 11.6 Å². The van der Waals surface area contributed by atoms with Crippen LogP contribution in [-0.4, -0.2) is 43.3 Å². The molecule has 218 valence electrons. The minimum Gasteiger partial charge on any atom is -0.493 e. The van der Waals surface area contributed by atoms with Crippen LogP contribution >= 0.6 is 11.3 Å². The lowest BCUT2D eigenvalue weighted by atomic mass is 9.95. The van der Waals surface area contributed by atoms with Gasteiger partial charge in [-0.2, -0.15) is 0 Å². The fraction of sp³-hybridized carbons (Fsp3) is 0.233. The van der Waals surface area contributed by atoms with Crippen LogP contribution in [-0.2, 0) is 19.1 Å². The van der Waals surface area contributed by atoms with Gasteiger partial charge in [-0.3, -0.25) is 19.0 Å². The van der Waals surface area contributed by atoms with Crippen molar-refractivity contribution in [1.29, 1.82) is 0 Å². The zero-order valence-corrected chi connectivity index (χ0v) is 24.4. The van der Waals surface area contributed by atoms with E-state index in [1.165, 1.54) is 50.8 Å². The third-order valence-electron chi connectivity index (χ3n) is 6.08. The maximum Gasteiger partial charge on any atom is 0.338 e. The fourth-order valence-electron chi connectivity index (χ4n) is 4.38. The van der Waals surface area contributed by atoms with Gasteiger partial charge in [-0.15, -0.1) is 0 Å². The van der Waals surface area contributed by atoms with Crippen LogP contribution in [0.4, 0.5) is 0 Å². The van der Waals surface area contributed by atoms with E-state index < -0.39 is 29.5 Å². The van der Waals surface area contributed by atoms with Crippen molar-refractivity contribution in [2.45, 2.75) is 26.8 Å². The van der Waals surface area contributed by atoms with E-state index in [-0.39, 0.29) is 28.2 Å². The lowest BCUT2D eigenvalue weighted by Crippen LogP contribution is -2.40. The van der Waals surface area contributed by atoms with Crippen LogP contribution in [0, 0.1) is 0 Å². The lowest BCUT2D eigenvalue weighted by Gasteiger charge is -2.25. The van der Waals surface area contributed by atoms with E-state index in [0.29, 0.717) is 33.1 Å². The van der Waals surface area contributed by atoms with Crippen molar-refractivity contribution < 1.29 is 38.1 Å². The zero-order valence-electron chi connectivity index (χ0n) is 23.6. The summed E-state index contributed by atoms with van der Waals surface area (Å²) in [5.74, 6) is -0.651. The number of rotatable bonds is 9. The van der Waals surface area contributed by atoms with Gasteiger partial charge in [-0.25, -0.2) is 9.79 Å². The summed E-state index contributed by atoms with van der Waals surface area (Å²) in [6.07, 6.45) is 2.99. The maximum absolute atomic E-state index is 14.0. The van der Waals surface area contributed by atoms with Crippen molar-refractivity contribution in [1.82, 2.24) is 4.57 Å². The van der Waals surface area contributed by atoms with Crippen molar-refractivity contribution in [2.24, 2.45) is 4.99 Å². The van der Waals surface area contributed by atoms with Crippen molar-refractivity contribution >= 4 is 35.3 Å². The molecule has 3 aromatic rings. The molecule has 1 aliphatic heterocycles. The summed E-state index contributed by atoms with van der Waals surface area (Å²) in [7, 11) is 2.99. The number of thiazole rings is 1. The molecule has 0 amide bonds. The number of benzene rings is 2. The second-order valence-corrected chi connectivity index (χ2v) is 9.98. The van der Waals surface area contributed by atoms with E-state index >= 15 is 0 Å². The smallest absolute Gasteiger partial charge is 0.338 e. The van der Waals surface area contributed by atoms with E-state index in [4.69, 9.17) is 23.7 Å². The number of fused-ring (bicyclic) bond motifs is 1. The molecule has 42 heavy (non-hydrogen) atoms. The Labute approximate surface area is 244 Å². The molecule has 11 nitrogen and oxygen atoms in total. The molecule has 1 atom stereocenters. The number of allylic oxidation sites excluding steroid dienone is 1. The number of carbonyl (C=O) groups is 3. The second kappa shape index (κ2) is 12.7. The van der Waals surface area contributed by atoms with Gasteiger partial charge in [-0.1, -0.05) is 30.1 Å². The van der Waals surface area contributed by atoms with Crippen LogP contribution in [0.5, 0.6) is 23.0 Å². The van der Waals surface area contributed by atoms with Gasteiger partial charge in [0.2, 0.25) is 0 Å². The van der Waals surface area contributed by atoms with E-state index in [1.807, 2.05) is 0 Å². The van der Waals surface area contributed by atoms with Gasteiger partial charge in [-0.05, 0) is 42.8 Å². The highest BCUT2D eigenvalue weighted by atomic mass is 32.1. The SMILES string of the molecule is C=CCOC(=O)C1=C(C)N=c2s/c(=C/c3ccc(OC(C)=O)cc3OC(C)=O)c(=O)n2[C@@H]1c1ccc(OC)c(OC)c1. The summed E-state index contributed by atoms with van der Waals surface area (Å²) in [4.78, 5) is 55.3. The van der Waals surface area contributed by atoms with Gasteiger partial charge >= 0.3 is 17.9 Å². The Morgan fingerprint density at radius 3 is 2.36 bits per heavy atom. The molecule has 1 aliphatic rings. The Morgan fingerprint density at radius 2 is 1.71 bits per heavy atom. The van der Waals surface area contributed by atoms with Gasteiger partial charge in [0.05, 0.1) is 36.1 Å². The Hall–Kier alpha value is -4.97. The molecule has 1 aromatic heterocycles. The van der Waals surface area contributed by atoms with E-state index in [1.54, 1.807) is 37.3 Å². The first-order valence-corrected chi connectivity index (χ1v) is 13.4. The Morgan fingerprint density at radius 1 is 1.00 bits per heavy atom. The molecule has 0 radical (unpaired) electrons. The van der Waals surface area contributed by atoms with E-state index in [0.717, 1.165) is 11.3 Å². The topological polar surface area (TPSA) is 132 Å². The number of hydrogen-bond donors (Lipinski definition) is 0. The van der Waals surface area contributed by atoms with Crippen molar-refractivity contribution in [3.63, 3.8) is 0 Å². The normalized spacial score (nSPS) is 14.4. The van der Waals surface area contributed by atoms with Crippen molar-refractivity contribution in [3.8, 4) is 23.0 Å². The minimum atomic E-state index is -0.903. The predicted molar refractivity (Wildman–Crippen MR) is 154 cm³/mol. The first-order valence-electron chi connectivity index (χ1n) is 12.6. The van der Waals surface area contributed by atoms with Crippen molar-refractivity contribution in [3.05, 3.63) is 91.1 Å². The summed E-state index contributed by atoms with van der Waals surface area (Å²) in [6, 6.07) is 8.66. The van der Waals surface area contributed by atoms with E-state index in [9.17, 15) is 19.2 Å². The molecule has 0 N–H and O–H groups in total. The van der Waals surface area contributed by atoms with Gasteiger partial charge in [0.25, 0.3) is 5.56 Å². The molecule has 0 spiro atoms. The molecule has 4 rings (SSSR count). The largest absolute Gasteiger partial charge is 0.493 e. The maximum atomic E-state index is 14.0. The monoisotopic (exact) mass is 592 g/mol. The Bertz CT molecular complexity index is 1800. The second-order valence-electron chi connectivity index (χ2n) is 8.97. The third-order valence-corrected chi connectivity index (χ3v) is 7.07. The van der Waals surface area contributed by atoms with Gasteiger partial charge in [0, 0.05) is 25.5 Å². The van der Waals surface area contributed by atoms with Gasteiger partial charge < -0.3 is 23.7 Å². The number of hydrogen-bond acceptors (Lipinski definition) is 11. The highest BCUT2D eigenvalue weighted by molar-refractivity contribution is 7.07. The molecular weight excluding hydrogens is 564 g/mol. The summed E-state index contributed by atoms with van der Waals surface area (Å²) < 4.78 is 28.3. The molecule has 2 aromatic carbocycles. The summed E-state index contributed by atoms with van der Waals surface area (Å²) in [5.41, 5.74) is 1.05. The first kappa shape index (κ1) is 30.0. The van der Waals surface area contributed by atoms with Gasteiger partial charge in [0.1, 0.15) is 18.1 Å². The van der Waals surface area contributed by atoms with Crippen molar-refractivity contribution in [2.75, 3.05) is 20.8 Å². The first-order chi connectivity index (χ1) is 20.1. The summed E-state index contributed by atoms with van der Waals surface area (Å²) in [5, 5.41) is 0. The highest BCUT2D eigenvalue weighted by Gasteiger charge is 2.34.